The van der Waals surface area contributed by atoms with E-state index in [4.69, 9.17) is 4.52 Å². The van der Waals surface area contributed by atoms with E-state index in [1.54, 1.807) is 6.07 Å². The number of aryl methyl sites for hydroxylation is 2. The first-order chi connectivity index (χ1) is 15.6. The molecular weight excluding hydrogens is 442 g/mol. The first kappa shape index (κ1) is 23.2. The van der Waals surface area contributed by atoms with E-state index in [0.29, 0.717) is 24.5 Å². The van der Waals surface area contributed by atoms with Crippen LogP contribution in [-0.4, -0.2) is 59.3 Å². The Morgan fingerprint density at radius 1 is 1.24 bits per heavy atom. The lowest BCUT2D eigenvalue weighted by Crippen LogP contribution is -2.30. The van der Waals surface area contributed by atoms with Gasteiger partial charge in [-0.05, 0) is 34.2 Å². The molecular formula is C23H29N5O4S. The number of hydrogen-bond donors (Lipinski definition) is 1. The van der Waals surface area contributed by atoms with Crippen LogP contribution in [0, 0.1) is 20.8 Å². The number of nitrogens with one attached hydrogen (secondary N) is 1. The maximum Gasteiger partial charge on any atom is 0.240 e. The molecule has 1 unspecified atom stereocenters. The molecule has 0 bridgehead atoms. The van der Waals surface area contributed by atoms with Crippen molar-refractivity contribution in [2.45, 2.75) is 39.8 Å². The highest BCUT2D eigenvalue weighted by Gasteiger charge is 2.31. The highest BCUT2D eigenvalue weighted by atomic mass is 32.2. The van der Waals surface area contributed by atoms with Crippen LogP contribution in [0.4, 0.5) is 5.88 Å². The molecule has 176 valence electrons. The van der Waals surface area contributed by atoms with Crippen LogP contribution >= 0.6 is 0 Å². The predicted octanol–water partition coefficient (Wildman–Crippen LogP) is 2.89. The van der Waals surface area contributed by atoms with E-state index in [1.807, 2.05) is 61.7 Å². The van der Waals surface area contributed by atoms with Gasteiger partial charge in [-0.15, -0.1) is 0 Å². The number of carbonyl (C=O) groups excluding carboxylic acids is 1. The predicted molar refractivity (Wildman–Crippen MR) is 126 cm³/mol. The Bertz CT molecular complexity index is 1260. The lowest BCUT2D eigenvalue weighted by Gasteiger charge is -2.17. The van der Waals surface area contributed by atoms with Crippen molar-refractivity contribution in [3.63, 3.8) is 0 Å². The van der Waals surface area contributed by atoms with E-state index in [9.17, 15) is 13.2 Å². The van der Waals surface area contributed by atoms with Gasteiger partial charge in [0.15, 0.2) is 9.84 Å². The molecule has 10 heteroatoms. The zero-order valence-corrected chi connectivity index (χ0v) is 20.1. The van der Waals surface area contributed by atoms with E-state index in [0.717, 1.165) is 28.1 Å². The monoisotopic (exact) mass is 471 g/mol. The summed E-state index contributed by atoms with van der Waals surface area (Å²) in [6, 6.07) is 9.49. The topological polar surface area (TPSA) is 110 Å². The number of hydrogen-bond acceptors (Lipinski definition) is 7. The summed E-state index contributed by atoms with van der Waals surface area (Å²) in [6.07, 6.45) is 0.587. The van der Waals surface area contributed by atoms with Crippen LogP contribution in [-0.2, 0) is 21.2 Å². The summed E-state index contributed by atoms with van der Waals surface area (Å²) in [4.78, 5) is 14.4. The van der Waals surface area contributed by atoms with Gasteiger partial charge in [0.1, 0.15) is 5.69 Å². The van der Waals surface area contributed by atoms with Gasteiger partial charge in [0, 0.05) is 29.4 Å². The van der Waals surface area contributed by atoms with Gasteiger partial charge in [-0.3, -0.25) is 19.7 Å². The van der Waals surface area contributed by atoms with Crippen LogP contribution in [0.3, 0.4) is 0 Å². The Morgan fingerprint density at radius 2 is 1.97 bits per heavy atom. The molecule has 0 aliphatic carbocycles. The molecule has 33 heavy (non-hydrogen) atoms. The Morgan fingerprint density at radius 3 is 2.64 bits per heavy atom. The summed E-state index contributed by atoms with van der Waals surface area (Å²) in [5.41, 5.74) is 5.53. The molecule has 0 radical (unpaired) electrons. The molecule has 3 heterocycles. The Kier molecular flexibility index (Phi) is 6.40. The fourth-order valence-corrected chi connectivity index (χ4v) is 5.88. The van der Waals surface area contributed by atoms with Crippen LogP contribution in [0.1, 0.15) is 35.0 Å². The molecule has 1 N–H and O–H groups in total. The van der Waals surface area contributed by atoms with Gasteiger partial charge in [0.25, 0.3) is 0 Å². The van der Waals surface area contributed by atoms with Crippen molar-refractivity contribution in [1.82, 2.24) is 19.8 Å². The molecule has 0 spiro atoms. The Balaban J connectivity index is 1.36. The van der Waals surface area contributed by atoms with Crippen molar-refractivity contribution in [2.75, 3.05) is 30.4 Å². The Hall–Kier alpha value is -2.98. The minimum absolute atomic E-state index is 0.120. The molecule has 1 atom stereocenters. The molecule has 1 aliphatic rings. The van der Waals surface area contributed by atoms with Crippen LogP contribution in [0.15, 0.2) is 34.9 Å². The minimum atomic E-state index is -2.99. The van der Waals surface area contributed by atoms with Crippen molar-refractivity contribution < 1.29 is 17.7 Å². The molecule has 1 saturated heterocycles. The number of aromatic nitrogens is 3. The van der Waals surface area contributed by atoms with E-state index < -0.39 is 9.84 Å². The molecule has 0 saturated carbocycles. The molecule has 1 amide bonds. The van der Waals surface area contributed by atoms with Gasteiger partial charge in [-0.25, -0.2) is 8.42 Å². The van der Waals surface area contributed by atoms with Crippen LogP contribution < -0.4 is 5.32 Å². The van der Waals surface area contributed by atoms with Crippen LogP contribution in [0.2, 0.25) is 0 Å². The number of likely N-dealkylation sites (N-methyl/N-ethyl adjacent to an activating group) is 1. The van der Waals surface area contributed by atoms with Crippen molar-refractivity contribution in [1.29, 1.82) is 0 Å². The van der Waals surface area contributed by atoms with Gasteiger partial charge in [0.05, 0.1) is 29.8 Å². The first-order valence-corrected chi connectivity index (χ1v) is 12.7. The summed E-state index contributed by atoms with van der Waals surface area (Å²) in [5, 5.41) is 11.4. The van der Waals surface area contributed by atoms with E-state index in [-0.39, 0.29) is 30.0 Å². The lowest BCUT2D eigenvalue weighted by molar-refractivity contribution is -0.117. The fourth-order valence-electron chi connectivity index (χ4n) is 4.19. The highest BCUT2D eigenvalue weighted by molar-refractivity contribution is 7.91. The second-order valence-corrected chi connectivity index (χ2v) is 11.0. The lowest BCUT2D eigenvalue weighted by atomic mass is 10.1. The average molecular weight is 472 g/mol. The smallest absolute Gasteiger partial charge is 0.240 e. The highest BCUT2D eigenvalue weighted by Crippen LogP contribution is 2.27. The SMILES string of the molecule is Cc1ccc(-c2cc(NC(=O)CN(C)Cc3c(C)nn(C4CCS(=O)(=O)C4)c3C)on2)cc1. The first-order valence-electron chi connectivity index (χ1n) is 10.9. The molecule has 2 aromatic heterocycles. The number of nitrogens with zero attached hydrogens (tertiary/aromatic N) is 4. The zero-order chi connectivity index (χ0) is 23.8. The quantitative estimate of drug-likeness (QED) is 0.564. The van der Waals surface area contributed by atoms with Crippen LogP contribution in [0.25, 0.3) is 11.3 Å². The average Bonchev–Trinajstić information content (AvgIpc) is 3.42. The van der Waals surface area contributed by atoms with Gasteiger partial charge in [-0.1, -0.05) is 35.0 Å². The van der Waals surface area contributed by atoms with Crippen molar-refractivity contribution in [3.05, 3.63) is 52.8 Å². The summed E-state index contributed by atoms with van der Waals surface area (Å²) in [6.45, 7) is 6.56. The Labute approximate surface area is 193 Å². The van der Waals surface area contributed by atoms with Crippen LogP contribution in [0.5, 0.6) is 0 Å². The molecule has 4 rings (SSSR count). The second kappa shape index (κ2) is 9.11. The summed E-state index contributed by atoms with van der Waals surface area (Å²) in [7, 11) is -1.13. The molecule has 1 aromatic carbocycles. The largest absolute Gasteiger partial charge is 0.338 e. The van der Waals surface area contributed by atoms with Gasteiger partial charge >= 0.3 is 0 Å². The van der Waals surface area contributed by atoms with Crippen molar-refractivity contribution >= 4 is 21.6 Å². The number of carbonyl (C=O) groups is 1. The third kappa shape index (κ3) is 5.33. The maximum absolute atomic E-state index is 12.5. The summed E-state index contributed by atoms with van der Waals surface area (Å²) >= 11 is 0. The normalized spacial score (nSPS) is 17.5. The van der Waals surface area contributed by atoms with Crippen molar-refractivity contribution in [3.8, 4) is 11.3 Å². The maximum atomic E-state index is 12.5. The number of benzene rings is 1. The third-order valence-corrected chi connectivity index (χ3v) is 7.74. The summed E-state index contributed by atoms with van der Waals surface area (Å²) in [5.74, 6) is 0.424. The number of amides is 1. The van der Waals surface area contributed by atoms with E-state index in [1.165, 1.54) is 0 Å². The number of sulfone groups is 1. The summed E-state index contributed by atoms with van der Waals surface area (Å²) < 4.78 is 30.8. The molecule has 1 aliphatic heterocycles. The van der Waals surface area contributed by atoms with E-state index in [2.05, 4.69) is 15.6 Å². The second-order valence-electron chi connectivity index (χ2n) is 8.81. The molecule has 3 aromatic rings. The fraction of sp³-hybridized carbons (Fsp3) is 0.435. The third-order valence-electron chi connectivity index (χ3n) is 5.99. The zero-order valence-electron chi connectivity index (χ0n) is 19.3. The molecule has 1 fully saturated rings. The van der Waals surface area contributed by atoms with Gasteiger partial charge in [0.2, 0.25) is 11.8 Å². The van der Waals surface area contributed by atoms with Gasteiger partial charge in [-0.2, -0.15) is 5.10 Å². The van der Waals surface area contributed by atoms with Gasteiger partial charge < -0.3 is 4.52 Å². The molecule has 9 nitrogen and oxygen atoms in total. The van der Waals surface area contributed by atoms with E-state index >= 15 is 0 Å². The minimum Gasteiger partial charge on any atom is -0.338 e. The number of rotatable bonds is 7. The van der Waals surface area contributed by atoms with Crippen molar-refractivity contribution in [2.24, 2.45) is 0 Å². The number of anilines is 1. The standard InChI is InChI=1S/C23H29N5O4S/c1-15-5-7-18(8-6-15)21-11-23(32-26-21)24-22(29)13-27(4)12-20-16(2)25-28(17(20)3)19-9-10-33(30,31)14-19/h5-8,11,19H,9-10,12-14H2,1-4H3,(H,24,29).